The van der Waals surface area contributed by atoms with Gasteiger partial charge in [0.2, 0.25) is 5.88 Å². The topological polar surface area (TPSA) is 59.9 Å². The third kappa shape index (κ3) is 3.45. The van der Waals surface area contributed by atoms with Crippen LogP contribution in [-0.2, 0) is 0 Å². The van der Waals surface area contributed by atoms with E-state index in [-0.39, 0.29) is 5.92 Å². The summed E-state index contributed by atoms with van der Waals surface area (Å²) in [6, 6.07) is 1.85. The Kier molecular flexibility index (Phi) is 4.89. The van der Waals surface area contributed by atoms with Gasteiger partial charge in [0.05, 0.1) is 11.8 Å². The van der Waals surface area contributed by atoms with Gasteiger partial charge in [-0.1, -0.05) is 13.8 Å². The van der Waals surface area contributed by atoms with Gasteiger partial charge >= 0.3 is 0 Å². The molecule has 0 aromatic carbocycles. The molecule has 5 nitrogen and oxygen atoms in total. The Bertz CT molecular complexity index is 589. The molecular weight excluding hydrogens is 320 g/mol. The van der Waals surface area contributed by atoms with E-state index in [1.165, 1.54) is 6.33 Å². The zero-order chi connectivity index (χ0) is 14.5. The van der Waals surface area contributed by atoms with Crippen molar-refractivity contribution in [3.63, 3.8) is 0 Å². The Hall–Kier alpha value is -1.69. The molecule has 0 unspecified atom stereocenters. The van der Waals surface area contributed by atoms with Gasteiger partial charge in [-0.25, -0.2) is 9.97 Å². The number of rotatable bonds is 5. The van der Waals surface area contributed by atoms with Gasteiger partial charge < -0.3 is 10.1 Å². The largest absolute Gasteiger partial charge is 0.437 e. The average molecular weight is 337 g/mol. The quantitative estimate of drug-likeness (QED) is 0.894. The van der Waals surface area contributed by atoms with Crippen LogP contribution in [0.1, 0.15) is 32.3 Å². The maximum Gasteiger partial charge on any atom is 0.227 e. The van der Waals surface area contributed by atoms with E-state index in [1.54, 1.807) is 12.4 Å². The van der Waals surface area contributed by atoms with E-state index in [1.807, 2.05) is 13.0 Å². The highest BCUT2D eigenvalue weighted by atomic mass is 79.9. The SMILES string of the molecule is CCNc1ncnc(Oc2cncc(Br)c2)c1C(C)C. The molecule has 0 aliphatic carbocycles. The zero-order valence-corrected chi connectivity index (χ0v) is 13.3. The Morgan fingerprint density at radius 3 is 2.75 bits per heavy atom. The van der Waals surface area contributed by atoms with E-state index in [4.69, 9.17) is 4.74 Å². The van der Waals surface area contributed by atoms with Gasteiger partial charge in [-0.2, -0.15) is 0 Å². The van der Waals surface area contributed by atoms with Crippen LogP contribution in [-0.4, -0.2) is 21.5 Å². The molecular formula is C14H17BrN4O. The molecule has 0 amide bonds. The van der Waals surface area contributed by atoms with Crippen molar-refractivity contribution in [3.8, 4) is 11.6 Å². The van der Waals surface area contributed by atoms with Crippen molar-refractivity contribution in [1.29, 1.82) is 0 Å². The first-order valence-corrected chi connectivity index (χ1v) is 7.28. The Balaban J connectivity index is 2.38. The van der Waals surface area contributed by atoms with Gasteiger partial charge in [0.25, 0.3) is 0 Å². The summed E-state index contributed by atoms with van der Waals surface area (Å²) in [5.74, 6) is 2.27. The van der Waals surface area contributed by atoms with Crippen LogP contribution < -0.4 is 10.1 Å². The summed E-state index contributed by atoms with van der Waals surface area (Å²) in [5, 5.41) is 3.24. The normalized spacial score (nSPS) is 10.7. The number of hydrogen-bond acceptors (Lipinski definition) is 5. The fraction of sp³-hybridized carbons (Fsp3) is 0.357. The first kappa shape index (κ1) is 14.7. The summed E-state index contributed by atoms with van der Waals surface area (Å²) >= 11 is 3.37. The van der Waals surface area contributed by atoms with Crippen molar-refractivity contribution < 1.29 is 4.74 Å². The lowest BCUT2D eigenvalue weighted by Gasteiger charge is -2.16. The summed E-state index contributed by atoms with van der Waals surface area (Å²) < 4.78 is 6.72. The number of halogens is 1. The summed E-state index contributed by atoms with van der Waals surface area (Å²) in [6.45, 7) is 7.01. The van der Waals surface area contributed by atoms with E-state index in [2.05, 4.69) is 50.0 Å². The summed E-state index contributed by atoms with van der Waals surface area (Å²) in [5.41, 5.74) is 0.967. The van der Waals surface area contributed by atoms with E-state index in [9.17, 15) is 0 Å². The highest BCUT2D eigenvalue weighted by Gasteiger charge is 2.16. The van der Waals surface area contributed by atoms with Gasteiger partial charge in [0.15, 0.2) is 0 Å². The van der Waals surface area contributed by atoms with Crippen LogP contribution in [0.4, 0.5) is 5.82 Å². The van der Waals surface area contributed by atoms with E-state index >= 15 is 0 Å². The second-order valence-electron chi connectivity index (χ2n) is 4.57. The van der Waals surface area contributed by atoms with Crippen molar-refractivity contribution >= 4 is 21.7 Å². The van der Waals surface area contributed by atoms with E-state index in [0.29, 0.717) is 11.6 Å². The molecule has 6 heteroatoms. The fourth-order valence-electron chi connectivity index (χ4n) is 1.85. The monoisotopic (exact) mass is 336 g/mol. The molecule has 106 valence electrons. The number of pyridine rings is 1. The highest BCUT2D eigenvalue weighted by molar-refractivity contribution is 9.10. The van der Waals surface area contributed by atoms with Crippen LogP contribution in [0.5, 0.6) is 11.6 Å². The molecule has 0 spiro atoms. The van der Waals surface area contributed by atoms with Crippen molar-refractivity contribution in [3.05, 3.63) is 34.8 Å². The fourth-order valence-corrected chi connectivity index (χ4v) is 2.19. The second-order valence-corrected chi connectivity index (χ2v) is 5.48. The zero-order valence-electron chi connectivity index (χ0n) is 11.7. The Morgan fingerprint density at radius 1 is 1.30 bits per heavy atom. The van der Waals surface area contributed by atoms with Crippen LogP contribution in [0.25, 0.3) is 0 Å². The first-order chi connectivity index (χ1) is 9.61. The first-order valence-electron chi connectivity index (χ1n) is 6.49. The van der Waals surface area contributed by atoms with Crippen molar-refractivity contribution in [2.24, 2.45) is 0 Å². The maximum absolute atomic E-state index is 5.86. The Morgan fingerprint density at radius 2 is 2.10 bits per heavy atom. The summed E-state index contributed by atoms with van der Waals surface area (Å²) in [7, 11) is 0. The molecule has 0 fully saturated rings. The molecule has 1 N–H and O–H groups in total. The molecule has 0 aliphatic heterocycles. The van der Waals surface area contributed by atoms with Crippen LogP contribution >= 0.6 is 15.9 Å². The number of aromatic nitrogens is 3. The van der Waals surface area contributed by atoms with Gasteiger partial charge in [0.1, 0.15) is 17.9 Å². The molecule has 2 aromatic heterocycles. The number of nitrogens with one attached hydrogen (secondary N) is 1. The number of hydrogen-bond donors (Lipinski definition) is 1. The van der Waals surface area contributed by atoms with Crippen LogP contribution in [0.2, 0.25) is 0 Å². The van der Waals surface area contributed by atoms with E-state index < -0.39 is 0 Å². The third-order valence-corrected chi connectivity index (χ3v) is 3.10. The lowest BCUT2D eigenvalue weighted by Crippen LogP contribution is -2.07. The van der Waals surface area contributed by atoms with Crippen molar-refractivity contribution in [2.75, 3.05) is 11.9 Å². The molecule has 0 aliphatic rings. The molecule has 2 rings (SSSR count). The predicted octanol–water partition coefficient (Wildman–Crippen LogP) is 3.98. The average Bonchev–Trinajstić information content (AvgIpc) is 2.39. The van der Waals surface area contributed by atoms with Crippen molar-refractivity contribution in [1.82, 2.24) is 15.0 Å². The Labute approximate surface area is 127 Å². The van der Waals surface area contributed by atoms with Crippen LogP contribution in [0, 0.1) is 0 Å². The lowest BCUT2D eigenvalue weighted by molar-refractivity contribution is 0.449. The maximum atomic E-state index is 5.86. The van der Waals surface area contributed by atoms with Gasteiger partial charge in [-0.05, 0) is 34.8 Å². The number of nitrogens with zero attached hydrogens (tertiary/aromatic N) is 3. The van der Waals surface area contributed by atoms with Crippen LogP contribution in [0.3, 0.4) is 0 Å². The summed E-state index contributed by atoms with van der Waals surface area (Å²) in [4.78, 5) is 12.6. The second kappa shape index (κ2) is 6.65. The molecule has 0 saturated heterocycles. The minimum Gasteiger partial charge on any atom is -0.437 e. The van der Waals surface area contributed by atoms with Crippen molar-refractivity contribution in [2.45, 2.75) is 26.7 Å². The predicted molar refractivity (Wildman–Crippen MR) is 82.3 cm³/mol. The van der Waals surface area contributed by atoms with Crippen LogP contribution in [0.15, 0.2) is 29.3 Å². The lowest BCUT2D eigenvalue weighted by atomic mass is 10.1. The third-order valence-electron chi connectivity index (χ3n) is 2.66. The standard InChI is InChI=1S/C14H17BrN4O/c1-4-17-13-12(9(2)3)14(19-8-18-13)20-11-5-10(15)6-16-7-11/h5-9H,4H2,1-3H3,(H,17,18,19). The molecule has 0 atom stereocenters. The minimum absolute atomic E-state index is 0.250. The smallest absolute Gasteiger partial charge is 0.227 e. The molecule has 2 heterocycles. The number of anilines is 1. The van der Waals surface area contributed by atoms with Gasteiger partial charge in [0, 0.05) is 17.2 Å². The molecule has 20 heavy (non-hydrogen) atoms. The van der Waals surface area contributed by atoms with Gasteiger partial charge in [-0.3, -0.25) is 4.98 Å². The molecule has 2 aromatic rings. The number of ether oxygens (including phenoxy) is 1. The van der Waals surface area contributed by atoms with E-state index in [0.717, 1.165) is 22.4 Å². The summed E-state index contributed by atoms with van der Waals surface area (Å²) in [6.07, 6.45) is 4.87. The molecule has 0 radical (unpaired) electrons. The highest BCUT2D eigenvalue weighted by Crippen LogP contribution is 2.33. The molecule has 0 bridgehead atoms. The molecule has 0 saturated carbocycles. The van der Waals surface area contributed by atoms with Gasteiger partial charge in [-0.15, -0.1) is 0 Å². The minimum atomic E-state index is 0.250.